The Labute approximate surface area is 99.5 Å². The third-order valence-electron chi connectivity index (χ3n) is 2.91. The Morgan fingerprint density at radius 3 is 2.19 bits per heavy atom. The van der Waals surface area contributed by atoms with Crippen LogP contribution in [0.15, 0.2) is 18.2 Å². The minimum absolute atomic E-state index is 0.106. The van der Waals surface area contributed by atoms with Crippen LogP contribution in [0.4, 0.5) is 4.39 Å². The quantitative estimate of drug-likeness (QED) is 0.754. The maximum Gasteiger partial charge on any atom is 0.135 e. The average Bonchev–Trinajstić information content (AvgIpc) is 2.09. The summed E-state index contributed by atoms with van der Waals surface area (Å²) in [5, 5.41) is 0. The van der Waals surface area contributed by atoms with Crippen molar-refractivity contribution in [3.05, 3.63) is 29.6 Å². The first-order valence-corrected chi connectivity index (χ1v) is 7.69. The van der Waals surface area contributed by atoms with E-state index in [0.717, 1.165) is 5.75 Å². The lowest BCUT2D eigenvalue weighted by Gasteiger charge is -2.43. The minimum atomic E-state index is -1.20. The first-order valence-electron chi connectivity index (χ1n) is 5.32. The Kier molecular flexibility index (Phi) is 3.58. The number of hydrogen-bond acceptors (Lipinski definition) is 1. The molecule has 0 fully saturated rings. The molecule has 1 aromatic rings. The minimum Gasteiger partial charge on any atom is -0.449 e. The fourth-order valence-electron chi connectivity index (χ4n) is 1.03. The summed E-state index contributed by atoms with van der Waals surface area (Å²) < 4.78 is 19.2. The highest BCUT2D eigenvalue weighted by Crippen LogP contribution is 2.53. The summed E-state index contributed by atoms with van der Waals surface area (Å²) in [5.41, 5.74) is 0.626. The molecule has 0 amide bonds. The topological polar surface area (TPSA) is 9.23 Å². The molecule has 1 nitrogen and oxygen atoms in total. The lowest BCUT2D eigenvalue weighted by atomic mass is 10.2. The molecule has 0 aliphatic rings. The van der Waals surface area contributed by atoms with E-state index in [4.69, 9.17) is 4.18 Å². The summed E-state index contributed by atoms with van der Waals surface area (Å²) in [6.07, 6.45) is 4.26. The van der Waals surface area contributed by atoms with E-state index in [0.29, 0.717) is 5.56 Å². The molecule has 16 heavy (non-hydrogen) atoms. The standard InChI is InChI=1S/C13H21FOS/c1-10-9-11(7-8-12(10)14)15-16(5,6)13(2,3)4/h7-9H,1-6H3. The van der Waals surface area contributed by atoms with Gasteiger partial charge in [-0.05, 0) is 64.0 Å². The summed E-state index contributed by atoms with van der Waals surface area (Å²) in [6.45, 7) is 8.25. The molecule has 0 aliphatic heterocycles. The van der Waals surface area contributed by atoms with Crippen LogP contribution >= 0.6 is 10.3 Å². The monoisotopic (exact) mass is 244 g/mol. The SMILES string of the molecule is Cc1cc(OS(C)(C)C(C)(C)C)ccc1F. The second-order valence-corrected chi connectivity index (χ2v) is 9.20. The summed E-state index contributed by atoms with van der Waals surface area (Å²) in [5.74, 6) is 0.574. The molecule has 1 aromatic carbocycles. The van der Waals surface area contributed by atoms with Crippen molar-refractivity contribution < 1.29 is 8.57 Å². The van der Waals surface area contributed by atoms with E-state index in [1.54, 1.807) is 19.1 Å². The van der Waals surface area contributed by atoms with Crippen molar-refractivity contribution in [1.82, 2.24) is 0 Å². The van der Waals surface area contributed by atoms with Gasteiger partial charge in [-0.3, -0.25) is 0 Å². The van der Waals surface area contributed by atoms with Crippen LogP contribution in [0.5, 0.6) is 5.75 Å². The molecule has 0 saturated heterocycles. The Hall–Kier alpha value is -0.700. The first kappa shape index (κ1) is 13.4. The molecule has 0 N–H and O–H groups in total. The zero-order valence-electron chi connectivity index (χ0n) is 10.9. The van der Waals surface area contributed by atoms with Crippen molar-refractivity contribution in [2.75, 3.05) is 12.5 Å². The van der Waals surface area contributed by atoms with Gasteiger partial charge in [0.25, 0.3) is 0 Å². The highest BCUT2D eigenvalue weighted by atomic mass is 32.3. The molecule has 0 heterocycles. The van der Waals surface area contributed by atoms with Crippen LogP contribution in [0.1, 0.15) is 26.3 Å². The van der Waals surface area contributed by atoms with Gasteiger partial charge in [0.2, 0.25) is 0 Å². The van der Waals surface area contributed by atoms with Gasteiger partial charge in [0.1, 0.15) is 11.6 Å². The van der Waals surface area contributed by atoms with Crippen LogP contribution < -0.4 is 4.18 Å². The Bertz CT molecular complexity index is 380. The van der Waals surface area contributed by atoms with Crippen molar-refractivity contribution in [3.8, 4) is 5.75 Å². The third-order valence-corrected chi connectivity index (χ3v) is 6.47. The highest BCUT2D eigenvalue weighted by Gasteiger charge is 2.30. The van der Waals surface area contributed by atoms with Crippen molar-refractivity contribution in [2.24, 2.45) is 0 Å². The summed E-state index contributed by atoms with van der Waals surface area (Å²) in [7, 11) is -1.20. The van der Waals surface area contributed by atoms with Crippen molar-refractivity contribution in [2.45, 2.75) is 32.4 Å². The van der Waals surface area contributed by atoms with Crippen molar-refractivity contribution >= 4 is 10.3 Å². The molecule has 1 rings (SSSR count). The fourth-order valence-corrected chi connectivity index (χ4v) is 1.87. The average molecular weight is 244 g/mol. The Morgan fingerprint density at radius 2 is 1.75 bits per heavy atom. The van der Waals surface area contributed by atoms with Crippen LogP contribution in [0.3, 0.4) is 0 Å². The third kappa shape index (κ3) is 2.91. The van der Waals surface area contributed by atoms with Crippen LogP contribution in [-0.2, 0) is 0 Å². The summed E-state index contributed by atoms with van der Waals surface area (Å²) >= 11 is 0. The van der Waals surface area contributed by atoms with Gasteiger partial charge < -0.3 is 4.18 Å². The molecule has 0 unspecified atom stereocenters. The lowest BCUT2D eigenvalue weighted by Crippen LogP contribution is -2.27. The van der Waals surface area contributed by atoms with Gasteiger partial charge in [0.05, 0.1) is 0 Å². The fraction of sp³-hybridized carbons (Fsp3) is 0.538. The molecule has 0 aromatic heterocycles. The molecule has 3 heteroatoms. The molecular formula is C13H21FOS. The van der Waals surface area contributed by atoms with Crippen LogP contribution in [0.25, 0.3) is 0 Å². The number of halogens is 1. The molecule has 0 spiro atoms. The molecule has 0 radical (unpaired) electrons. The number of aryl methyl sites for hydroxylation is 1. The number of hydrogen-bond donors (Lipinski definition) is 0. The molecule has 0 aliphatic carbocycles. The van der Waals surface area contributed by atoms with Gasteiger partial charge in [-0.1, -0.05) is 10.3 Å². The van der Waals surface area contributed by atoms with E-state index in [2.05, 4.69) is 33.3 Å². The molecule has 0 saturated carbocycles. The summed E-state index contributed by atoms with van der Waals surface area (Å²) in [4.78, 5) is 0. The maximum atomic E-state index is 13.1. The van der Waals surface area contributed by atoms with Crippen LogP contribution in [0, 0.1) is 12.7 Å². The summed E-state index contributed by atoms with van der Waals surface area (Å²) in [6, 6.07) is 4.92. The van der Waals surface area contributed by atoms with E-state index >= 15 is 0 Å². The second-order valence-electron chi connectivity index (χ2n) is 5.34. The van der Waals surface area contributed by atoms with Crippen molar-refractivity contribution in [3.63, 3.8) is 0 Å². The Morgan fingerprint density at radius 1 is 1.19 bits per heavy atom. The van der Waals surface area contributed by atoms with E-state index in [1.165, 1.54) is 6.07 Å². The predicted octanol–water partition coefficient (Wildman–Crippen LogP) is 4.29. The number of benzene rings is 1. The van der Waals surface area contributed by atoms with E-state index in [9.17, 15) is 4.39 Å². The van der Waals surface area contributed by atoms with Gasteiger partial charge >= 0.3 is 0 Å². The molecule has 0 bridgehead atoms. The highest BCUT2D eigenvalue weighted by molar-refractivity contribution is 8.30. The number of rotatable bonds is 2. The van der Waals surface area contributed by atoms with Gasteiger partial charge in [-0.15, -0.1) is 0 Å². The van der Waals surface area contributed by atoms with E-state index in [1.807, 2.05) is 0 Å². The molecule has 0 atom stereocenters. The molecule has 92 valence electrons. The maximum absolute atomic E-state index is 13.1. The smallest absolute Gasteiger partial charge is 0.135 e. The van der Waals surface area contributed by atoms with Gasteiger partial charge in [0.15, 0.2) is 0 Å². The molecular weight excluding hydrogens is 223 g/mol. The van der Waals surface area contributed by atoms with Gasteiger partial charge in [-0.2, -0.15) is 0 Å². The predicted molar refractivity (Wildman–Crippen MR) is 71.0 cm³/mol. The largest absolute Gasteiger partial charge is 0.449 e. The van der Waals surface area contributed by atoms with Gasteiger partial charge in [-0.25, -0.2) is 4.39 Å². The first-order chi connectivity index (χ1) is 7.13. The van der Waals surface area contributed by atoms with Gasteiger partial charge in [0, 0.05) is 4.75 Å². The normalized spacial score (nSPS) is 13.7. The van der Waals surface area contributed by atoms with Crippen molar-refractivity contribution in [1.29, 1.82) is 0 Å². The van der Waals surface area contributed by atoms with Crippen LogP contribution in [0.2, 0.25) is 0 Å². The zero-order chi connectivity index (χ0) is 12.6. The Balaban J connectivity index is 2.93. The second kappa shape index (κ2) is 4.28. The van der Waals surface area contributed by atoms with E-state index < -0.39 is 10.3 Å². The lowest BCUT2D eigenvalue weighted by molar-refractivity contribution is 0.576. The van der Waals surface area contributed by atoms with Crippen LogP contribution in [-0.4, -0.2) is 17.3 Å². The van der Waals surface area contributed by atoms with E-state index in [-0.39, 0.29) is 10.6 Å². The zero-order valence-corrected chi connectivity index (χ0v) is 11.7.